The van der Waals surface area contributed by atoms with Crippen molar-refractivity contribution in [3.8, 4) is 23.2 Å². The predicted molar refractivity (Wildman–Crippen MR) is 117 cm³/mol. The number of carbonyl (C=O) groups is 1. The van der Waals surface area contributed by atoms with E-state index in [9.17, 15) is 10.1 Å². The Morgan fingerprint density at radius 3 is 2.80 bits per heavy atom. The van der Waals surface area contributed by atoms with Gasteiger partial charge in [-0.05, 0) is 31.9 Å². The molecule has 1 aromatic carbocycles. The second kappa shape index (κ2) is 9.81. The Morgan fingerprint density at radius 1 is 1.40 bits per heavy atom. The number of hydrogen-bond donors (Lipinski definition) is 1. The number of nitrogens with zero attached hydrogens (tertiary/aromatic N) is 4. The normalized spacial score (nSPS) is 16.3. The fraction of sp³-hybridized carbons (Fsp3) is 0.455. The zero-order chi connectivity index (χ0) is 21.6. The van der Waals surface area contributed by atoms with Crippen LogP contribution in [0.1, 0.15) is 39.0 Å². The van der Waals surface area contributed by atoms with E-state index in [1.165, 1.54) is 11.8 Å². The lowest BCUT2D eigenvalue weighted by Crippen LogP contribution is -2.51. The molecule has 1 heterocycles. The number of amides is 1. The first-order chi connectivity index (χ1) is 14.5. The maximum Gasteiger partial charge on any atom is 0.234 e. The lowest BCUT2D eigenvalue weighted by Gasteiger charge is -2.32. The van der Waals surface area contributed by atoms with Gasteiger partial charge in [-0.3, -0.25) is 9.36 Å². The highest BCUT2D eigenvalue weighted by Crippen LogP contribution is 2.33. The Bertz CT molecular complexity index is 943. The molecule has 1 aliphatic carbocycles. The van der Waals surface area contributed by atoms with Gasteiger partial charge in [0.2, 0.25) is 5.91 Å². The second-order valence-electron chi connectivity index (χ2n) is 7.41. The van der Waals surface area contributed by atoms with E-state index in [1.54, 1.807) is 13.2 Å². The first-order valence-corrected chi connectivity index (χ1v) is 11.0. The summed E-state index contributed by atoms with van der Waals surface area (Å²) in [4.78, 5) is 12.8. The molecular weight excluding hydrogens is 398 g/mol. The SMILES string of the molecule is C=CCn1c(SC(C)C(=O)NC2(C#N)CCCCC2)nnc1-c1ccccc1OC. The fourth-order valence-electron chi connectivity index (χ4n) is 3.67. The average Bonchev–Trinajstić information content (AvgIpc) is 3.16. The predicted octanol–water partition coefficient (Wildman–Crippen LogP) is 3.96. The van der Waals surface area contributed by atoms with Crippen LogP contribution in [-0.2, 0) is 11.3 Å². The summed E-state index contributed by atoms with van der Waals surface area (Å²) in [6, 6.07) is 9.94. The summed E-state index contributed by atoms with van der Waals surface area (Å²) < 4.78 is 7.38. The lowest BCUT2D eigenvalue weighted by molar-refractivity contribution is -0.121. The zero-order valence-electron chi connectivity index (χ0n) is 17.4. The number of allylic oxidation sites excluding steroid dienone is 1. The summed E-state index contributed by atoms with van der Waals surface area (Å²) >= 11 is 1.32. The van der Waals surface area contributed by atoms with E-state index in [-0.39, 0.29) is 5.91 Å². The number of rotatable bonds is 8. The molecule has 3 rings (SSSR count). The van der Waals surface area contributed by atoms with Gasteiger partial charge in [0, 0.05) is 6.54 Å². The minimum atomic E-state index is -0.749. The van der Waals surface area contributed by atoms with Crippen molar-refractivity contribution in [2.75, 3.05) is 7.11 Å². The van der Waals surface area contributed by atoms with E-state index >= 15 is 0 Å². The third kappa shape index (κ3) is 4.68. The smallest absolute Gasteiger partial charge is 0.234 e. The van der Waals surface area contributed by atoms with Gasteiger partial charge in [-0.2, -0.15) is 5.26 Å². The molecule has 1 N–H and O–H groups in total. The first kappa shape index (κ1) is 21.9. The fourth-order valence-corrected chi connectivity index (χ4v) is 4.53. The molecule has 0 spiro atoms. The number of para-hydroxylation sites is 1. The van der Waals surface area contributed by atoms with Gasteiger partial charge >= 0.3 is 0 Å². The third-order valence-corrected chi connectivity index (χ3v) is 6.39. The monoisotopic (exact) mass is 425 g/mol. The topological polar surface area (TPSA) is 92.8 Å². The number of aromatic nitrogens is 3. The highest BCUT2D eigenvalue weighted by molar-refractivity contribution is 8.00. The summed E-state index contributed by atoms with van der Waals surface area (Å²) in [7, 11) is 1.62. The number of ether oxygens (including phenoxy) is 1. The number of nitriles is 1. The molecule has 0 bridgehead atoms. The minimum absolute atomic E-state index is 0.157. The maximum absolute atomic E-state index is 12.8. The quantitative estimate of drug-likeness (QED) is 0.508. The summed E-state index contributed by atoms with van der Waals surface area (Å²) in [5.41, 5.74) is 0.0746. The van der Waals surface area contributed by atoms with Crippen LogP contribution < -0.4 is 10.1 Å². The second-order valence-corrected chi connectivity index (χ2v) is 8.72. The van der Waals surface area contributed by atoms with Crippen molar-refractivity contribution in [2.45, 2.75) is 61.5 Å². The molecular formula is C22H27N5O2S. The third-order valence-electron chi connectivity index (χ3n) is 5.31. The van der Waals surface area contributed by atoms with Gasteiger partial charge in [-0.1, -0.05) is 49.2 Å². The Labute approximate surface area is 181 Å². The van der Waals surface area contributed by atoms with E-state index in [0.29, 0.717) is 36.1 Å². The van der Waals surface area contributed by atoms with E-state index < -0.39 is 10.8 Å². The number of nitrogens with one attached hydrogen (secondary N) is 1. The van der Waals surface area contributed by atoms with E-state index in [1.807, 2.05) is 35.8 Å². The highest BCUT2D eigenvalue weighted by atomic mass is 32.2. The minimum Gasteiger partial charge on any atom is -0.496 e. The van der Waals surface area contributed by atoms with Gasteiger partial charge in [0.1, 0.15) is 11.3 Å². The van der Waals surface area contributed by atoms with Crippen LogP contribution in [0.4, 0.5) is 0 Å². The molecule has 2 aromatic rings. The van der Waals surface area contributed by atoms with Crippen molar-refractivity contribution in [3.05, 3.63) is 36.9 Å². The van der Waals surface area contributed by atoms with Gasteiger partial charge < -0.3 is 10.1 Å². The number of methoxy groups -OCH3 is 1. The molecule has 1 fully saturated rings. The average molecular weight is 426 g/mol. The van der Waals surface area contributed by atoms with Crippen LogP contribution in [0.25, 0.3) is 11.4 Å². The molecule has 1 unspecified atom stereocenters. The van der Waals surface area contributed by atoms with Crippen molar-refractivity contribution in [2.24, 2.45) is 0 Å². The standard InChI is InChI=1S/C22H27N5O2S/c1-4-14-27-19(17-10-6-7-11-18(17)29-3)25-26-21(27)30-16(2)20(28)24-22(15-23)12-8-5-9-13-22/h4,6-7,10-11,16H,1,5,8-9,12-14H2,2-3H3,(H,24,28). The van der Waals surface area contributed by atoms with Gasteiger partial charge in [0.05, 0.1) is 24.0 Å². The molecule has 0 aliphatic heterocycles. The van der Waals surface area contributed by atoms with Gasteiger partial charge in [0.15, 0.2) is 11.0 Å². The van der Waals surface area contributed by atoms with Crippen LogP contribution >= 0.6 is 11.8 Å². The van der Waals surface area contributed by atoms with Gasteiger partial charge in [-0.25, -0.2) is 0 Å². The summed E-state index contributed by atoms with van der Waals surface area (Å²) in [6.07, 6.45) is 6.22. The molecule has 1 amide bonds. The van der Waals surface area contributed by atoms with Crippen molar-refractivity contribution in [1.82, 2.24) is 20.1 Å². The summed E-state index contributed by atoms with van der Waals surface area (Å²) in [5.74, 6) is 1.20. The van der Waals surface area contributed by atoms with E-state index in [2.05, 4.69) is 28.2 Å². The van der Waals surface area contributed by atoms with Crippen LogP contribution in [0.5, 0.6) is 5.75 Å². The van der Waals surface area contributed by atoms with Crippen LogP contribution in [-0.4, -0.2) is 38.6 Å². The number of hydrogen-bond acceptors (Lipinski definition) is 6. The van der Waals surface area contributed by atoms with Gasteiger partial charge in [0.25, 0.3) is 0 Å². The molecule has 0 saturated heterocycles. The Morgan fingerprint density at radius 2 is 2.13 bits per heavy atom. The maximum atomic E-state index is 12.8. The van der Waals surface area contributed by atoms with E-state index in [4.69, 9.17) is 4.74 Å². The first-order valence-electron chi connectivity index (χ1n) is 10.1. The summed E-state index contributed by atoms with van der Waals surface area (Å²) in [6.45, 7) is 6.16. The summed E-state index contributed by atoms with van der Waals surface area (Å²) in [5, 5.41) is 21.5. The number of benzene rings is 1. The molecule has 30 heavy (non-hydrogen) atoms. The zero-order valence-corrected chi connectivity index (χ0v) is 18.2. The molecule has 158 valence electrons. The molecule has 8 heteroatoms. The Kier molecular flexibility index (Phi) is 7.16. The van der Waals surface area contributed by atoms with Crippen LogP contribution in [0.15, 0.2) is 42.1 Å². The van der Waals surface area contributed by atoms with Crippen molar-refractivity contribution in [3.63, 3.8) is 0 Å². The molecule has 0 radical (unpaired) electrons. The molecule has 7 nitrogen and oxygen atoms in total. The van der Waals surface area contributed by atoms with Crippen LogP contribution in [0.3, 0.4) is 0 Å². The number of carbonyl (C=O) groups excluding carboxylic acids is 1. The van der Waals surface area contributed by atoms with Gasteiger partial charge in [-0.15, -0.1) is 16.8 Å². The van der Waals surface area contributed by atoms with Crippen LogP contribution in [0.2, 0.25) is 0 Å². The van der Waals surface area contributed by atoms with Crippen molar-refractivity contribution < 1.29 is 9.53 Å². The van der Waals surface area contributed by atoms with Crippen molar-refractivity contribution in [1.29, 1.82) is 5.26 Å². The lowest BCUT2D eigenvalue weighted by atomic mass is 9.83. The molecule has 1 saturated carbocycles. The molecule has 1 atom stereocenters. The Hall–Kier alpha value is -2.79. The molecule has 1 aromatic heterocycles. The molecule has 1 aliphatic rings. The number of thioether (sulfide) groups is 1. The van der Waals surface area contributed by atoms with Crippen LogP contribution in [0, 0.1) is 11.3 Å². The van der Waals surface area contributed by atoms with Crippen molar-refractivity contribution >= 4 is 17.7 Å². The highest BCUT2D eigenvalue weighted by Gasteiger charge is 2.35. The van der Waals surface area contributed by atoms with E-state index in [0.717, 1.165) is 24.8 Å². The Balaban J connectivity index is 1.80. The largest absolute Gasteiger partial charge is 0.496 e.